The molecule has 0 radical (unpaired) electrons. The summed E-state index contributed by atoms with van der Waals surface area (Å²) in [5, 5.41) is 0. The van der Waals surface area contributed by atoms with Gasteiger partial charge in [0.15, 0.2) is 0 Å². The van der Waals surface area contributed by atoms with Crippen molar-refractivity contribution in [1.82, 2.24) is 4.98 Å². The van der Waals surface area contributed by atoms with Crippen LogP contribution in [0.3, 0.4) is 0 Å². The van der Waals surface area contributed by atoms with E-state index in [1.165, 1.54) is 19.0 Å². The van der Waals surface area contributed by atoms with E-state index in [4.69, 9.17) is 9.47 Å². The van der Waals surface area contributed by atoms with Crippen LogP contribution in [-0.2, 0) is 9.47 Å². The van der Waals surface area contributed by atoms with Crippen LogP contribution in [0.25, 0.3) is 0 Å². The highest BCUT2D eigenvalue weighted by Crippen LogP contribution is 2.37. The van der Waals surface area contributed by atoms with E-state index in [1.54, 1.807) is 12.1 Å². The molecule has 5 heteroatoms. The van der Waals surface area contributed by atoms with Gasteiger partial charge in [-0.2, -0.15) is 0 Å². The van der Waals surface area contributed by atoms with E-state index in [0.717, 1.165) is 25.7 Å². The summed E-state index contributed by atoms with van der Waals surface area (Å²) in [7, 11) is 0. The predicted octanol–water partition coefficient (Wildman–Crippen LogP) is 6.32. The zero-order chi connectivity index (χ0) is 23.4. The lowest BCUT2D eigenvalue weighted by Crippen LogP contribution is -2.36. The van der Waals surface area contributed by atoms with Crippen LogP contribution in [0, 0.1) is 35.5 Å². The zero-order valence-electron chi connectivity index (χ0n) is 20.7. The van der Waals surface area contributed by atoms with Gasteiger partial charge in [-0.1, -0.05) is 54.4 Å². The van der Waals surface area contributed by atoms with E-state index in [9.17, 15) is 9.59 Å². The van der Waals surface area contributed by atoms with Crippen molar-refractivity contribution in [3.63, 3.8) is 0 Å². The van der Waals surface area contributed by atoms with E-state index in [1.807, 2.05) is 0 Å². The van der Waals surface area contributed by atoms with Gasteiger partial charge in [0.2, 0.25) is 0 Å². The number of carbonyl (C=O) groups is 2. The molecule has 0 aromatic carbocycles. The third kappa shape index (κ3) is 6.11. The van der Waals surface area contributed by atoms with Gasteiger partial charge >= 0.3 is 11.9 Å². The molecular weight excluding hydrogens is 402 g/mol. The maximum atomic E-state index is 12.8. The first-order valence-corrected chi connectivity index (χ1v) is 12.5. The van der Waals surface area contributed by atoms with Crippen LogP contribution in [0.2, 0.25) is 0 Å². The monoisotopic (exact) mass is 443 g/mol. The Morgan fingerprint density at radius 2 is 1.31 bits per heavy atom. The van der Waals surface area contributed by atoms with Crippen LogP contribution in [0.15, 0.2) is 18.3 Å². The number of pyridine rings is 1. The highest BCUT2D eigenvalue weighted by Gasteiger charge is 2.35. The fraction of sp³-hybridized carbons (Fsp3) is 0.741. The molecule has 0 bridgehead atoms. The lowest BCUT2D eigenvalue weighted by molar-refractivity contribution is -0.0189. The summed E-state index contributed by atoms with van der Waals surface area (Å²) in [4.78, 5) is 29.7. The van der Waals surface area contributed by atoms with Gasteiger partial charge in [-0.05, 0) is 73.3 Å². The van der Waals surface area contributed by atoms with Crippen molar-refractivity contribution in [3.8, 4) is 0 Å². The van der Waals surface area contributed by atoms with Crippen molar-refractivity contribution in [2.24, 2.45) is 35.5 Å². The van der Waals surface area contributed by atoms with Gasteiger partial charge in [-0.3, -0.25) is 0 Å². The Hall–Kier alpha value is -1.91. The normalized spacial score (nSPS) is 30.9. The summed E-state index contributed by atoms with van der Waals surface area (Å²) in [6.45, 7) is 13.2. The minimum absolute atomic E-state index is 0.0582. The fourth-order valence-electron chi connectivity index (χ4n) is 5.54. The molecule has 2 aliphatic rings. The quantitative estimate of drug-likeness (QED) is 0.482. The third-order valence-electron chi connectivity index (χ3n) is 7.65. The molecule has 32 heavy (non-hydrogen) atoms. The van der Waals surface area contributed by atoms with Crippen molar-refractivity contribution >= 4 is 11.9 Å². The lowest BCUT2D eigenvalue weighted by Gasteiger charge is -2.36. The summed E-state index contributed by atoms with van der Waals surface area (Å²) in [6.07, 6.45) is 7.67. The average molecular weight is 444 g/mol. The van der Waals surface area contributed by atoms with Gasteiger partial charge in [-0.15, -0.1) is 0 Å². The standard InChI is InChI=1S/C27H41NO4/c1-16(2)21-10-7-18(5)13-24(21)31-26(29)20-9-12-23(28-15-20)27(30)32-25-14-19(6)8-11-22(25)17(3)4/h9,12,15-19,21-22,24-25H,7-8,10-11,13-14H2,1-6H3/t18-,19-,21+,22-,24-,25-/m1/s1. The molecule has 1 aromatic heterocycles. The number of hydrogen-bond acceptors (Lipinski definition) is 5. The molecule has 5 nitrogen and oxygen atoms in total. The van der Waals surface area contributed by atoms with Gasteiger partial charge in [-0.25, -0.2) is 14.6 Å². The number of hydrogen-bond donors (Lipinski definition) is 0. The summed E-state index contributed by atoms with van der Waals surface area (Å²) < 4.78 is 11.8. The number of carbonyl (C=O) groups excluding carboxylic acids is 2. The molecule has 0 N–H and O–H groups in total. The van der Waals surface area contributed by atoms with Crippen LogP contribution < -0.4 is 0 Å². The number of aromatic nitrogens is 1. The molecule has 0 aliphatic heterocycles. The number of nitrogens with zero attached hydrogens (tertiary/aromatic N) is 1. The highest BCUT2D eigenvalue weighted by atomic mass is 16.5. The van der Waals surface area contributed by atoms with Crippen molar-refractivity contribution in [2.45, 2.75) is 92.3 Å². The topological polar surface area (TPSA) is 65.5 Å². The van der Waals surface area contributed by atoms with Crippen molar-refractivity contribution in [3.05, 3.63) is 29.6 Å². The molecular formula is C27H41NO4. The molecule has 1 heterocycles. The lowest BCUT2D eigenvalue weighted by atomic mass is 9.75. The van der Waals surface area contributed by atoms with Crippen molar-refractivity contribution < 1.29 is 19.1 Å². The van der Waals surface area contributed by atoms with Crippen LogP contribution in [0.1, 0.15) is 101 Å². The molecule has 0 amide bonds. The minimum atomic E-state index is -0.407. The largest absolute Gasteiger partial charge is 0.458 e. The zero-order valence-corrected chi connectivity index (χ0v) is 20.7. The van der Waals surface area contributed by atoms with Crippen LogP contribution in [0.4, 0.5) is 0 Å². The van der Waals surface area contributed by atoms with Gasteiger partial charge in [0.05, 0.1) is 5.56 Å². The SMILES string of the molecule is CC(C)[C@H]1CC[C@@H](C)C[C@H]1OC(=O)c1ccc(C(=O)O[C@@H]2C[C@H](C)CC[C@H]2C(C)C)cn1. The van der Waals surface area contributed by atoms with E-state index in [2.05, 4.69) is 46.5 Å². The first kappa shape index (κ1) is 24.7. The third-order valence-corrected chi connectivity index (χ3v) is 7.65. The molecule has 2 fully saturated rings. The van der Waals surface area contributed by atoms with Crippen LogP contribution in [0.5, 0.6) is 0 Å². The molecule has 2 saturated carbocycles. The van der Waals surface area contributed by atoms with Crippen molar-refractivity contribution in [1.29, 1.82) is 0 Å². The second kappa shape index (κ2) is 10.8. The first-order valence-electron chi connectivity index (χ1n) is 12.5. The predicted molar refractivity (Wildman–Crippen MR) is 125 cm³/mol. The summed E-state index contributed by atoms with van der Waals surface area (Å²) in [5.41, 5.74) is 0.627. The summed E-state index contributed by atoms with van der Waals surface area (Å²) in [6, 6.07) is 3.21. The maximum Gasteiger partial charge on any atom is 0.357 e. The van der Waals surface area contributed by atoms with Crippen molar-refractivity contribution in [2.75, 3.05) is 0 Å². The molecule has 3 rings (SSSR count). The minimum Gasteiger partial charge on any atom is -0.458 e. The van der Waals surface area contributed by atoms with Crippen LogP contribution in [-0.4, -0.2) is 29.1 Å². The maximum absolute atomic E-state index is 12.8. The highest BCUT2D eigenvalue weighted by molar-refractivity contribution is 5.91. The second-order valence-corrected chi connectivity index (χ2v) is 11.0. The van der Waals surface area contributed by atoms with Crippen LogP contribution >= 0.6 is 0 Å². The fourth-order valence-corrected chi connectivity index (χ4v) is 5.54. The summed E-state index contributed by atoms with van der Waals surface area (Å²) >= 11 is 0. The van der Waals surface area contributed by atoms with Gasteiger partial charge in [0.25, 0.3) is 0 Å². The Morgan fingerprint density at radius 1 is 0.812 bits per heavy atom. The molecule has 178 valence electrons. The Kier molecular flexibility index (Phi) is 8.35. The van der Waals surface area contributed by atoms with E-state index >= 15 is 0 Å². The average Bonchev–Trinajstić information content (AvgIpc) is 2.73. The Morgan fingerprint density at radius 3 is 1.75 bits per heavy atom. The Balaban J connectivity index is 1.62. The molecule has 1 aromatic rings. The number of esters is 2. The van der Waals surface area contributed by atoms with Gasteiger partial charge in [0.1, 0.15) is 17.9 Å². The van der Waals surface area contributed by atoms with Gasteiger partial charge < -0.3 is 9.47 Å². The smallest absolute Gasteiger partial charge is 0.357 e. The summed E-state index contributed by atoms with van der Waals surface area (Å²) in [5.74, 6) is 2.09. The Labute approximate surface area is 193 Å². The van der Waals surface area contributed by atoms with E-state index in [-0.39, 0.29) is 23.9 Å². The molecule has 0 unspecified atom stereocenters. The Bertz CT molecular complexity index is 707. The van der Waals surface area contributed by atoms with Gasteiger partial charge in [0, 0.05) is 6.20 Å². The molecule has 0 saturated heterocycles. The second-order valence-electron chi connectivity index (χ2n) is 11.0. The van der Waals surface area contributed by atoms with E-state index < -0.39 is 5.97 Å². The number of rotatable bonds is 6. The molecule has 0 spiro atoms. The number of ether oxygens (including phenoxy) is 2. The van der Waals surface area contributed by atoms with E-state index in [0.29, 0.717) is 41.1 Å². The first-order chi connectivity index (χ1) is 15.2. The molecule has 2 aliphatic carbocycles. The molecule has 6 atom stereocenters.